The van der Waals surface area contributed by atoms with E-state index < -0.39 is 16.8 Å². The Morgan fingerprint density at radius 3 is 2.61 bits per heavy atom. The molecule has 0 radical (unpaired) electrons. The molecule has 0 atom stereocenters. The number of carbonyl (C=O) groups is 2. The van der Waals surface area contributed by atoms with Crippen LogP contribution in [0.2, 0.25) is 5.02 Å². The van der Waals surface area contributed by atoms with Crippen molar-refractivity contribution in [3.05, 3.63) is 73.2 Å². The number of hydrogen-bond acceptors (Lipinski definition) is 5. The number of nitrogens with zero attached hydrogens (tertiary/aromatic N) is 1. The van der Waals surface area contributed by atoms with Gasteiger partial charge in [0.05, 0.1) is 16.2 Å². The number of nitro benzene ring substituents is 1. The first kappa shape index (κ1) is 21.5. The van der Waals surface area contributed by atoms with E-state index in [4.69, 9.17) is 23.8 Å². The largest absolute Gasteiger partial charge is 0.478 e. The Hall–Kier alpha value is -2.82. The second kappa shape index (κ2) is 9.40. The number of carboxylic acid groups (broad SMARTS) is 1. The second-order valence-corrected chi connectivity index (χ2v) is 6.97. The first-order chi connectivity index (χ1) is 13.2. The summed E-state index contributed by atoms with van der Waals surface area (Å²) >= 11 is 13.9. The van der Waals surface area contributed by atoms with Gasteiger partial charge in [-0.1, -0.05) is 33.6 Å². The molecule has 0 heterocycles. The monoisotopic (exact) mass is 483 g/mol. The molecular formula is C17H11BrClN3O5S. The third kappa shape index (κ3) is 5.84. The van der Waals surface area contributed by atoms with E-state index in [0.717, 1.165) is 6.08 Å². The number of halogens is 2. The number of aromatic carboxylic acids is 1. The molecule has 2 aromatic carbocycles. The molecule has 0 fully saturated rings. The van der Waals surface area contributed by atoms with Gasteiger partial charge in [-0.05, 0) is 48.1 Å². The van der Waals surface area contributed by atoms with Gasteiger partial charge in [0.1, 0.15) is 5.02 Å². The summed E-state index contributed by atoms with van der Waals surface area (Å²) in [5, 5.41) is 25.0. The Bertz CT molecular complexity index is 1010. The molecule has 28 heavy (non-hydrogen) atoms. The van der Waals surface area contributed by atoms with Gasteiger partial charge in [-0.3, -0.25) is 20.2 Å². The lowest BCUT2D eigenvalue weighted by molar-refractivity contribution is -0.384. The molecule has 2 rings (SSSR count). The van der Waals surface area contributed by atoms with Crippen molar-refractivity contribution in [1.82, 2.24) is 5.32 Å². The summed E-state index contributed by atoms with van der Waals surface area (Å²) in [7, 11) is 0. The summed E-state index contributed by atoms with van der Waals surface area (Å²) in [6, 6.07) is 8.59. The van der Waals surface area contributed by atoms with Gasteiger partial charge in [0.2, 0.25) is 5.91 Å². The molecule has 8 nitrogen and oxygen atoms in total. The third-order valence-electron chi connectivity index (χ3n) is 3.29. The van der Waals surface area contributed by atoms with Gasteiger partial charge in [-0.2, -0.15) is 0 Å². The SMILES string of the molecule is O=C(/C=C/c1ccc(Cl)c([N+](=O)[O-])c1)NC(=S)Nc1ccc(Br)cc1C(=O)O. The van der Waals surface area contributed by atoms with Crippen molar-refractivity contribution in [3.63, 3.8) is 0 Å². The van der Waals surface area contributed by atoms with Crippen LogP contribution >= 0.6 is 39.7 Å². The van der Waals surface area contributed by atoms with Gasteiger partial charge in [-0.25, -0.2) is 4.79 Å². The Balaban J connectivity index is 2.05. The Morgan fingerprint density at radius 1 is 1.25 bits per heavy atom. The number of benzene rings is 2. The van der Waals surface area contributed by atoms with E-state index in [1.807, 2.05) is 0 Å². The van der Waals surface area contributed by atoms with Crippen molar-refractivity contribution in [2.75, 3.05) is 5.32 Å². The lowest BCUT2D eigenvalue weighted by Gasteiger charge is -2.11. The predicted molar refractivity (Wildman–Crippen MR) is 113 cm³/mol. The Morgan fingerprint density at radius 2 is 1.96 bits per heavy atom. The van der Waals surface area contributed by atoms with E-state index in [1.165, 1.54) is 36.4 Å². The number of carbonyl (C=O) groups excluding carboxylic acids is 1. The molecule has 11 heteroatoms. The molecule has 0 saturated heterocycles. The number of amides is 1. The zero-order valence-corrected chi connectivity index (χ0v) is 17.0. The van der Waals surface area contributed by atoms with E-state index in [-0.39, 0.29) is 27.1 Å². The van der Waals surface area contributed by atoms with E-state index in [1.54, 1.807) is 6.07 Å². The minimum Gasteiger partial charge on any atom is -0.478 e. The summed E-state index contributed by atoms with van der Waals surface area (Å²) in [5.74, 6) is -1.77. The standard InChI is InChI=1S/C17H11BrClN3O5S/c18-10-3-5-13(11(8-10)16(24)25)20-17(28)21-15(23)6-2-9-1-4-12(19)14(7-9)22(26)27/h1-8H,(H,24,25)(H2,20,21,23,28)/b6-2+. The molecule has 0 aromatic heterocycles. The van der Waals surface area contributed by atoms with Crippen LogP contribution in [-0.4, -0.2) is 27.0 Å². The van der Waals surface area contributed by atoms with Crippen LogP contribution in [0.1, 0.15) is 15.9 Å². The third-order valence-corrected chi connectivity index (χ3v) is 4.31. The molecular weight excluding hydrogens is 474 g/mol. The van der Waals surface area contributed by atoms with Crippen molar-refractivity contribution in [2.45, 2.75) is 0 Å². The number of anilines is 1. The van der Waals surface area contributed by atoms with Crippen LogP contribution in [-0.2, 0) is 4.79 Å². The van der Waals surface area contributed by atoms with Crippen LogP contribution in [0.4, 0.5) is 11.4 Å². The normalized spacial score (nSPS) is 10.5. The highest BCUT2D eigenvalue weighted by atomic mass is 79.9. The zero-order valence-electron chi connectivity index (χ0n) is 13.8. The summed E-state index contributed by atoms with van der Waals surface area (Å²) < 4.78 is 0.574. The van der Waals surface area contributed by atoms with Crippen LogP contribution in [0.3, 0.4) is 0 Å². The number of rotatable bonds is 5. The summed E-state index contributed by atoms with van der Waals surface area (Å²) in [4.78, 5) is 33.5. The van der Waals surface area contributed by atoms with Crippen molar-refractivity contribution < 1.29 is 19.6 Å². The quantitative estimate of drug-likeness (QED) is 0.251. The molecule has 0 spiro atoms. The van der Waals surface area contributed by atoms with Crippen LogP contribution in [0, 0.1) is 10.1 Å². The number of hydrogen-bond donors (Lipinski definition) is 3. The fourth-order valence-corrected chi connectivity index (χ4v) is 2.81. The maximum Gasteiger partial charge on any atom is 0.337 e. The highest BCUT2D eigenvalue weighted by molar-refractivity contribution is 9.10. The van der Waals surface area contributed by atoms with Gasteiger partial charge in [0.15, 0.2) is 5.11 Å². The lowest BCUT2D eigenvalue weighted by atomic mass is 10.2. The highest BCUT2D eigenvalue weighted by Gasteiger charge is 2.13. The van der Waals surface area contributed by atoms with Crippen molar-refractivity contribution in [1.29, 1.82) is 0 Å². The van der Waals surface area contributed by atoms with Crippen molar-refractivity contribution in [2.24, 2.45) is 0 Å². The molecule has 0 saturated carbocycles. The maximum absolute atomic E-state index is 12.0. The van der Waals surface area contributed by atoms with Gasteiger partial charge in [0.25, 0.3) is 5.69 Å². The average Bonchev–Trinajstić information content (AvgIpc) is 2.62. The average molecular weight is 485 g/mol. The van der Waals surface area contributed by atoms with Crippen LogP contribution < -0.4 is 10.6 Å². The number of nitrogens with one attached hydrogen (secondary N) is 2. The van der Waals surface area contributed by atoms with Crippen LogP contribution in [0.5, 0.6) is 0 Å². The topological polar surface area (TPSA) is 122 Å². The van der Waals surface area contributed by atoms with E-state index in [9.17, 15) is 24.8 Å². The smallest absolute Gasteiger partial charge is 0.337 e. The van der Waals surface area contributed by atoms with Crippen molar-refractivity contribution in [3.8, 4) is 0 Å². The number of nitro groups is 1. The minimum atomic E-state index is -1.16. The van der Waals surface area contributed by atoms with Gasteiger partial charge >= 0.3 is 5.97 Å². The summed E-state index contributed by atoms with van der Waals surface area (Å²) in [6.07, 6.45) is 2.48. The molecule has 0 aliphatic carbocycles. The van der Waals surface area contributed by atoms with E-state index in [0.29, 0.717) is 10.0 Å². The number of carboxylic acids is 1. The Labute approximate surface area is 177 Å². The predicted octanol–water partition coefficient (Wildman–Crippen LogP) is 4.24. The molecule has 0 aliphatic rings. The van der Waals surface area contributed by atoms with Crippen LogP contribution in [0.25, 0.3) is 6.08 Å². The molecule has 0 aliphatic heterocycles. The Kier molecular flexibility index (Phi) is 7.21. The lowest BCUT2D eigenvalue weighted by Crippen LogP contribution is -2.33. The molecule has 0 bridgehead atoms. The van der Waals surface area contributed by atoms with E-state index in [2.05, 4.69) is 26.6 Å². The fourth-order valence-electron chi connectivity index (χ4n) is 2.05. The molecule has 2 aromatic rings. The van der Waals surface area contributed by atoms with Gasteiger partial charge in [0, 0.05) is 16.6 Å². The fraction of sp³-hybridized carbons (Fsp3) is 0. The first-order valence-corrected chi connectivity index (χ1v) is 9.02. The van der Waals surface area contributed by atoms with Crippen molar-refractivity contribution >= 4 is 74.2 Å². The molecule has 144 valence electrons. The van der Waals surface area contributed by atoms with Gasteiger partial charge in [-0.15, -0.1) is 0 Å². The second-order valence-electron chi connectivity index (χ2n) is 5.24. The molecule has 3 N–H and O–H groups in total. The first-order valence-electron chi connectivity index (χ1n) is 7.44. The van der Waals surface area contributed by atoms with Crippen LogP contribution in [0.15, 0.2) is 46.9 Å². The molecule has 1 amide bonds. The minimum absolute atomic E-state index is 0.0132. The zero-order chi connectivity index (χ0) is 20.8. The highest BCUT2D eigenvalue weighted by Crippen LogP contribution is 2.25. The maximum atomic E-state index is 12.0. The number of thiocarbonyl (C=S) groups is 1. The molecule has 0 unspecified atom stereocenters. The summed E-state index contributed by atoms with van der Waals surface area (Å²) in [6.45, 7) is 0. The summed E-state index contributed by atoms with van der Waals surface area (Å²) in [5.41, 5.74) is 0.289. The van der Waals surface area contributed by atoms with Gasteiger partial charge < -0.3 is 10.4 Å². The van der Waals surface area contributed by atoms with E-state index >= 15 is 0 Å².